The molecule has 1 saturated carbocycles. The van der Waals surface area contributed by atoms with Crippen LogP contribution in [-0.2, 0) is 6.42 Å². The van der Waals surface area contributed by atoms with Crippen molar-refractivity contribution in [1.82, 2.24) is 5.32 Å². The lowest BCUT2D eigenvalue weighted by Crippen LogP contribution is -2.21. The van der Waals surface area contributed by atoms with Crippen molar-refractivity contribution in [2.24, 2.45) is 5.92 Å². The highest BCUT2D eigenvalue weighted by molar-refractivity contribution is 5.39. The molecule has 0 amide bonds. The zero-order valence-corrected chi connectivity index (χ0v) is 11.2. The Balaban J connectivity index is 1.67. The maximum absolute atomic E-state index is 5.89. The standard InChI is InChI=1S/C16H23NO/c1-17-16-4-2-3-13-7-8-14(11-15(13)16)18-10-9-12-5-6-12/h7-8,11-12,16-17H,2-6,9-10H2,1H3. The average Bonchev–Trinajstić information content (AvgIpc) is 3.22. The number of fused-ring (bicyclic) bond motifs is 1. The Kier molecular flexibility index (Phi) is 3.55. The van der Waals surface area contributed by atoms with Gasteiger partial charge in [0, 0.05) is 6.04 Å². The van der Waals surface area contributed by atoms with Gasteiger partial charge in [-0.3, -0.25) is 0 Å². The maximum Gasteiger partial charge on any atom is 0.119 e. The van der Waals surface area contributed by atoms with E-state index in [1.165, 1.54) is 49.7 Å². The van der Waals surface area contributed by atoms with Gasteiger partial charge >= 0.3 is 0 Å². The molecule has 1 unspecified atom stereocenters. The number of nitrogens with one attached hydrogen (secondary N) is 1. The van der Waals surface area contributed by atoms with Crippen LogP contribution < -0.4 is 10.1 Å². The van der Waals surface area contributed by atoms with Crippen LogP contribution in [0.2, 0.25) is 0 Å². The predicted octanol–water partition coefficient (Wildman–Crippen LogP) is 3.46. The van der Waals surface area contributed by atoms with Crippen molar-refractivity contribution in [2.75, 3.05) is 13.7 Å². The van der Waals surface area contributed by atoms with Crippen LogP contribution in [0.1, 0.15) is 49.3 Å². The lowest BCUT2D eigenvalue weighted by atomic mass is 9.87. The molecule has 0 radical (unpaired) electrons. The van der Waals surface area contributed by atoms with Gasteiger partial charge in [-0.2, -0.15) is 0 Å². The van der Waals surface area contributed by atoms with Crippen molar-refractivity contribution in [3.8, 4) is 5.75 Å². The molecule has 98 valence electrons. The maximum atomic E-state index is 5.89. The molecular weight excluding hydrogens is 222 g/mol. The molecule has 1 fully saturated rings. The normalized spacial score (nSPS) is 22.6. The van der Waals surface area contributed by atoms with Gasteiger partial charge in [-0.25, -0.2) is 0 Å². The summed E-state index contributed by atoms with van der Waals surface area (Å²) < 4.78 is 5.89. The highest BCUT2D eigenvalue weighted by Crippen LogP contribution is 2.34. The highest BCUT2D eigenvalue weighted by atomic mass is 16.5. The summed E-state index contributed by atoms with van der Waals surface area (Å²) in [7, 11) is 2.06. The SMILES string of the molecule is CNC1CCCc2ccc(OCCC3CC3)cc21. The number of aryl methyl sites for hydroxylation is 1. The number of hydrogen-bond acceptors (Lipinski definition) is 2. The minimum Gasteiger partial charge on any atom is -0.494 e. The Morgan fingerprint density at radius 2 is 2.17 bits per heavy atom. The second-order valence-corrected chi connectivity index (χ2v) is 5.67. The summed E-state index contributed by atoms with van der Waals surface area (Å²) in [6.45, 7) is 0.883. The van der Waals surface area contributed by atoms with Crippen LogP contribution in [-0.4, -0.2) is 13.7 Å². The first-order valence-electron chi connectivity index (χ1n) is 7.29. The monoisotopic (exact) mass is 245 g/mol. The van der Waals surface area contributed by atoms with E-state index in [4.69, 9.17) is 4.74 Å². The molecule has 2 aliphatic carbocycles. The summed E-state index contributed by atoms with van der Waals surface area (Å²) in [6.07, 6.45) is 7.81. The highest BCUT2D eigenvalue weighted by Gasteiger charge is 2.21. The summed E-state index contributed by atoms with van der Waals surface area (Å²) >= 11 is 0. The van der Waals surface area contributed by atoms with Crippen LogP contribution in [0.3, 0.4) is 0 Å². The first-order valence-corrected chi connectivity index (χ1v) is 7.29. The molecule has 3 rings (SSSR count). The van der Waals surface area contributed by atoms with Gasteiger partial charge in [-0.1, -0.05) is 18.9 Å². The molecular formula is C16H23NO. The molecule has 1 aromatic rings. The second-order valence-electron chi connectivity index (χ2n) is 5.67. The molecule has 0 saturated heterocycles. The van der Waals surface area contributed by atoms with Crippen LogP contribution >= 0.6 is 0 Å². The van der Waals surface area contributed by atoms with Crippen molar-refractivity contribution in [3.05, 3.63) is 29.3 Å². The van der Waals surface area contributed by atoms with Gasteiger partial charge in [0.1, 0.15) is 5.75 Å². The van der Waals surface area contributed by atoms with E-state index >= 15 is 0 Å². The van der Waals surface area contributed by atoms with Crippen molar-refractivity contribution < 1.29 is 4.74 Å². The van der Waals surface area contributed by atoms with Gasteiger partial charge in [0.25, 0.3) is 0 Å². The summed E-state index contributed by atoms with van der Waals surface area (Å²) in [4.78, 5) is 0. The van der Waals surface area contributed by atoms with Gasteiger partial charge in [0.05, 0.1) is 6.61 Å². The van der Waals surface area contributed by atoms with E-state index < -0.39 is 0 Å². The third kappa shape index (κ3) is 2.69. The van der Waals surface area contributed by atoms with E-state index in [1.807, 2.05) is 0 Å². The molecule has 0 aliphatic heterocycles. The van der Waals surface area contributed by atoms with Crippen LogP contribution in [0, 0.1) is 5.92 Å². The molecule has 2 nitrogen and oxygen atoms in total. The number of hydrogen-bond donors (Lipinski definition) is 1. The molecule has 1 atom stereocenters. The third-order valence-electron chi connectivity index (χ3n) is 4.27. The topological polar surface area (TPSA) is 21.3 Å². The van der Waals surface area contributed by atoms with E-state index in [2.05, 4.69) is 30.6 Å². The Bertz CT molecular complexity index is 412. The summed E-state index contributed by atoms with van der Waals surface area (Å²) in [6, 6.07) is 7.16. The van der Waals surface area contributed by atoms with E-state index in [0.29, 0.717) is 6.04 Å². The van der Waals surface area contributed by atoms with Crippen molar-refractivity contribution >= 4 is 0 Å². The Morgan fingerprint density at radius 1 is 1.28 bits per heavy atom. The van der Waals surface area contributed by atoms with E-state index in [-0.39, 0.29) is 0 Å². The van der Waals surface area contributed by atoms with E-state index in [9.17, 15) is 0 Å². The average molecular weight is 245 g/mol. The molecule has 2 aliphatic rings. The molecule has 0 aromatic heterocycles. The largest absolute Gasteiger partial charge is 0.494 e. The van der Waals surface area contributed by atoms with Crippen molar-refractivity contribution in [2.45, 2.75) is 44.6 Å². The molecule has 18 heavy (non-hydrogen) atoms. The number of ether oxygens (including phenoxy) is 1. The smallest absolute Gasteiger partial charge is 0.119 e. The van der Waals surface area contributed by atoms with Gasteiger partial charge in [0.15, 0.2) is 0 Å². The van der Waals surface area contributed by atoms with Gasteiger partial charge in [0.2, 0.25) is 0 Å². The van der Waals surface area contributed by atoms with Crippen LogP contribution in [0.4, 0.5) is 0 Å². The fraction of sp³-hybridized carbons (Fsp3) is 0.625. The fourth-order valence-electron chi connectivity index (χ4n) is 2.92. The number of rotatable bonds is 5. The van der Waals surface area contributed by atoms with Crippen LogP contribution in [0.5, 0.6) is 5.75 Å². The Morgan fingerprint density at radius 3 is 2.94 bits per heavy atom. The molecule has 1 N–H and O–H groups in total. The Hall–Kier alpha value is -1.02. The van der Waals surface area contributed by atoms with E-state index in [1.54, 1.807) is 0 Å². The number of benzene rings is 1. The first-order chi connectivity index (χ1) is 8.86. The zero-order chi connectivity index (χ0) is 12.4. The minimum atomic E-state index is 0.515. The van der Waals surface area contributed by atoms with Crippen molar-refractivity contribution in [1.29, 1.82) is 0 Å². The second kappa shape index (κ2) is 5.31. The van der Waals surface area contributed by atoms with Gasteiger partial charge in [-0.15, -0.1) is 0 Å². The van der Waals surface area contributed by atoms with Crippen molar-refractivity contribution in [3.63, 3.8) is 0 Å². The zero-order valence-electron chi connectivity index (χ0n) is 11.2. The fourth-order valence-corrected chi connectivity index (χ4v) is 2.92. The van der Waals surface area contributed by atoms with Gasteiger partial charge < -0.3 is 10.1 Å². The summed E-state index contributed by atoms with van der Waals surface area (Å²) in [5.41, 5.74) is 2.95. The molecule has 0 spiro atoms. The summed E-state index contributed by atoms with van der Waals surface area (Å²) in [5.74, 6) is 2.00. The lowest BCUT2D eigenvalue weighted by molar-refractivity contribution is 0.301. The van der Waals surface area contributed by atoms with E-state index in [0.717, 1.165) is 18.3 Å². The Labute approximate surface area is 110 Å². The minimum absolute atomic E-state index is 0.515. The quantitative estimate of drug-likeness (QED) is 0.857. The molecule has 0 bridgehead atoms. The third-order valence-corrected chi connectivity index (χ3v) is 4.27. The van der Waals surface area contributed by atoms with Crippen LogP contribution in [0.25, 0.3) is 0 Å². The lowest BCUT2D eigenvalue weighted by Gasteiger charge is -2.25. The first kappa shape index (κ1) is 12.0. The predicted molar refractivity (Wildman–Crippen MR) is 74.0 cm³/mol. The molecule has 2 heteroatoms. The van der Waals surface area contributed by atoms with Crippen LogP contribution in [0.15, 0.2) is 18.2 Å². The summed E-state index contributed by atoms with van der Waals surface area (Å²) in [5, 5.41) is 3.42. The molecule has 1 aromatic carbocycles. The molecule has 0 heterocycles. The van der Waals surface area contributed by atoms with Gasteiger partial charge in [-0.05, 0) is 61.9 Å².